The van der Waals surface area contributed by atoms with Gasteiger partial charge in [0.1, 0.15) is 10.5 Å². The zero-order valence-electron chi connectivity index (χ0n) is 9.16. The van der Waals surface area contributed by atoms with Crippen LogP contribution in [0.4, 0.5) is 0 Å². The number of fused-ring (bicyclic) bond motifs is 1. The van der Waals surface area contributed by atoms with Crippen LogP contribution in [-0.4, -0.2) is 9.97 Å². The van der Waals surface area contributed by atoms with Crippen LogP contribution in [-0.2, 0) is 0 Å². The quantitative estimate of drug-likeness (QED) is 0.740. The molecule has 0 aromatic rings. The second-order valence-electron chi connectivity index (χ2n) is 4.12. The Hall–Kier alpha value is -1.22. The Morgan fingerprint density at radius 2 is 2.07 bits per heavy atom. The average molecular weight is 218 g/mol. The summed E-state index contributed by atoms with van der Waals surface area (Å²) in [5.41, 5.74) is 3.37. The molecule has 0 fully saturated rings. The number of H-pyrrole nitrogens is 1. The second-order valence-corrected chi connectivity index (χ2v) is 4.50. The Kier molecular flexibility index (Phi) is 2.57. The summed E-state index contributed by atoms with van der Waals surface area (Å²) in [6, 6.07) is 6.26. The van der Waals surface area contributed by atoms with Crippen molar-refractivity contribution in [3.8, 4) is 11.4 Å². The number of pyridine rings is 2. The van der Waals surface area contributed by atoms with Crippen molar-refractivity contribution < 1.29 is 0 Å². The van der Waals surface area contributed by atoms with Gasteiger partial charge in [-0.1, -0.05) is 26.1 Å². The fourth-order valence-corrected chi connectivity index (χ4v) is 2.00. The summed E-state index contributed by atoms with van der Waals surface area (Å²) < 4.78 is 0.708. The molecule has 0 aliphatic carbocycles. The van der Waals surface area contributed by atoms with Crippen molar-refractivity contribution in [1.82, 2.24) is 9.97 Å². The number of rotatable bonds is 1. The fraction of sp³-hybridized carbons (Fsp3) is 0.333. The maximum atomic E-state index is 5.27. The van der Waals surface area contributed by atoms with Gasteiger partial charge >= 0.3 is 0 Å². The van der Waals surface area contributed by atoms with E-state index < -0.39 is 0 Å². The highest BCUT2D eigenvalue weighted by Crippen LogP contribution is 2.24. The van der Waals surface area contributed by atoms with Gasteiger partial charge in [-0.2, -0.15) is 0 Å². The molecule has 0 unspecified atom stereocenters. The number of aromatic nitrogens is 2. The van der Waals surface area contributed by atoms with Gasteiger partial charge in [0.25, 0.3) is 0 Å². The van der Waals surface area contributed by atoms with E-state index in [-0.39, 0.29) is 0 Å². The van der Waals surface area contributed by atoms with Gasteiger partial charge in [0.2, 0.25) is 0 Å². The summed E-state index contributed by atoms with van der Waals surface area (Å²) >= 11 is 5.27. The summed E-state index contributed by atoms with van der Waals surface area (Å²) in [6.45, 7) is 6.29. The first-order valence-electron chi connectivity index (χ1n) is 5.08. The molecule has 0 amide bonds. The predicted molar refractivity (Wildman–Crippen MR) is 64.9 cm³/mol. The van der Waals surface area contributed by atoms with E-state index in [1.807, 2.05) is 6.92 Å². The molecular weight excluding hydrogens is 204 g/mol. The summed E-state index contributed by atoms with van der Waals surface area (Å²) in [7, 11) is 0. The molecule has 2 aliphatic heterocycles. The Balaban J connectivity index is 2.73. The molecule has 2 aliphatic rings. The molecule has 0 spiro atoms. The molecule has 78 valence electrons. The van der Waals surface area contributed by atoms with Crippen molar-refractivity contribution in [3.05, 3.63) is 34.1 Å². The molecule has 0 radical (unpaired) electrons. The van der Waals surface area contributed by atoms with Crippen LogP contribution >= 0.6 is 12.2 Å². The molecule has 0 saturated carbocycles. The zero-order chi connectivity index (χ0) is 11.0. The largest absolute Gasteiger partial charge is 0.344 e. The van der Waals surface area contributed by atoms with Gasteiger partial charge in [0, 0.05) is 11.3 Å². The lowest BCUT2D eigenvalue weighted by atomic mass is 10.0. The Morgan fingerprint density at radius 3 is 2.73 bits per heavy atom. The van der Waals surface area contributed by atoms with Gasteiger partial charge in [-0.05, 0) is 36.6 Å². The van der Waals surface area contributed by atoms with E-state index in [0.717, 1.165) is 22.6 Å². The SMILES string of the molecule is Cc1ccc2cc(C(C)C)c(=S)nc-2[nH]1. The van der Waals surface area contributed by atoms with Crippen LogP contribution in [0.2, 0.25) is 0 Å². The van der Waals surface area contributed by atoms with Crippen LogP contribution in [0.3, 0.4) is 0 Å². The molecule has 1 N–H and O–H groups in total. The average Bonchev–Trinajstić information content (AvgIpc) is 2.15. The van der Waals surface area contributed by atoms with Crippen LogP contribution < -0.4 is 0 Å². The summed E-state index contributed by atoms with van der Waals surface area (Å²) in [5, 5.41) is 0. The molecule has 0 bridgehead atoms. The molecule has 2 nitrogen and oxygen atoms in total. The van der Waals surface area contributed by atoms with Crippen molar-refractivity contribution in [3.63, 3.8) is 0 Å². The van der Waals surface area contributed by atoms with Gasteiger partial charge in [-0.15, -0.1) is 0 Å². The lowest BCUT2D eigenvalue weighted by molar-refractivity contribution is 0.851. The fourth-order valence-electron chi connectivity index (χ4n) is 1.61. The molecular formula is C12H14N2S. The van der Waals surface area contributed by atoms with Gasteiger partial charge in [0.05, 0.1) is 0 Å². The molecule has 2 heterocycles. The first kappa shape index (κ1) is 10.3. The van der Waals surface area contributed by atoms with Crippen molar-refractivity contribution >= 4 is 12.2 Å². The van der Waals surface area contributed by atoms with Crippen molar-refractivity contribution in [2.75, 3.05) is 0 Å². The minimum absolute atomic E-state index is 0.427. The third-order valence-electron chi connectivity index (χ3n) is 2.50. The first-order chi connectivity index (χ1) is 7.08. The van der Waals surface area contributed by atoms with Crippen molar-refractivity contribution in [1.29, 1.82) is 0 Å². The number of aryl methyl sites for hydroxylation is 1. The van der Waals surface area contributed by atoms with E-state index in [1.165, 1.54) is 0 Å². The predicted octanol–water partition coefficient (Wildman–Crippen LogP) is 3.68. The second kappa shape index (κ2) is 3.74. The molecule has 15 heavy (non-hydrogen) atoms. The Bertz CT molecular complexity index is 514. The summed E-state index contributed by atoms with van der Waals surface area (Å²) in [5.74, 6) is 1.31. The molecule has 0 atom stereocenters. The molecule has 0 aromatic heterocycles. The third kappa shape index (κ3) is 1.92. The van der Waals surface area contributed by atoms with Crippen LogP contribution in [0.15, 0.2) is 18.2 Å². The standard InChI is InChI=1S/C12H14N2S/c1-7(2)10-6-9-5-4-8(3)13-11(9)14-12(10)15/h4-7H,1-3H3,(H,13,14,15). The Morgan fingerprint density at radius 1 is 1.33 bits per heavy atom. The normalized spacial score (nSPS) is 11.2. The van der Waals surface area contributed by atoms with E-state index in [4.69, 9.17) is 12.2 Å². The summed E-state index contributed by atoms with van der Waals surface area (Å²) in [4.78, 5) is 7.64. The minimum Gasteiger partial charge on any atom is -0.344 e. The molecule has 0 saturated heterocycles. The van der Waals surface area contributed by atoms with Gasteiger partial charge in [-0.3, -0.25) is 0 Å². The number of hydrogen-bond acceptors (Lipinski definition) is 2. The number of aromatic amines is 1. The first-order valence-corrected chi connectivity index (χ1v) is 5.49. The zero-order valence-corrected chi connectivity index (χ0v) is 9.98. The summed E-state index contributed by atoms with van der Waals surface area (Å²) in [6.07, 6.45) is 0. The van der Waals surface area contributed by atoms with E-state index in [1.54, 1.807) is 0 Å². The van der Waals surface area contributed by atoms with Crippen LogP contribution in [0.5, 0.6) is 0 Å². The highest BCUT2D eigenvalue weighted by Gasteiger charge is 2.09. The van der Waals surface area contributed by atoms with Crippen molar-refractivity contribution in [2.45, 2.75) is 26.7 Å². The number of nitrogens with zero attached hydrogens (tertiary/aromatic N) is 1. The number of hydrogen-bond donors (Lipinski definition) is 1. The minimum atomic E-state index is 0.427. The van der Waals surface area contributed by atoms with E-state index in [2.05, 4.69) is 42.0 Å². The third-order valence-corrected chi connectivity index (χ3v) is 2.82. The van der Waals surface area contributed by atoms with Gasteiger partial charge < -0.3 is 4.98 Å². The van der Waals surface area contributed by atoms with E-state index in [9.17, 15) is 0 Å². The smallest absolute Gasteiger partial charge is 0.139 e. The Labute approximate surface area is 94.7 Å². The van der Waals surface area contributed by atoms with Crippen LogP contribution in [0.25, 0.3) is 11.4 Å². The maximum Gasteiger partial charge on any atom is 0.139 e. The number of nitrogens with one attached hydrogen (secondary N) is 1. The van der Waals surface area contributed by atoms with Gasteiger partial charge in [0.15, 0.2) is 0 Å². The van der Waals surface area contributed by atoms with E-state index in [0.29, 0.717) is 10.6 Å². The lowest BCUT2D eigenvalue weighted by Crippen LogP contribution is -1.98. The highest BCUT2D eigenvalue weighted by atomic mass is 32.1. The highest BCUT2D eigenvalue weighted by molar-refractivity contribution is 7.71. The van der Waals surface area contributed by atoms with Crippen LogP contribution in [0.1, 0.15) is 31.0 Å². The molecule has 0 aromatic carbocycles. The lowest BCUT2D eigenvalue weighted by Gasteiger charge is -2.10. The topological polar surface area (TPSA) is 28.7 Å². The van der Waals surface area contributed by atoms with E-state index >= 15 is 0 Å². The van der Waals surface area contributed by atoms with Gasteiger partial charge in [-0.25, -0.2) is 4.98 Å². The molecule has 2 rings (SSSR count). The molecule has 3 heteroatoms. The monoisotopic (exact) mass is 218 g/mol. The maximum absolute atomic E-state index is 5.27. The van der Waals surface area contributed by atoms with Crippen molar-refractivity contribution in [2.24, 2.45) is 0 Å². The van der Waals surface area contributed by atoms with Crippen LogP contribution in [0, 0.1) is 11.6 Å².